The summed E-state index contributed by atoms with van der Waals surface area (Å²) in [6.45, 7) is 6.23. The second kappa shape index (κ2) is 8.39. The van der Waals surface area contributed by atoms with Crippen molar-refractivity contribution in [2.24, 2.45) is 0 Å². The summed E-state index contributed by atoms with van der Waals surface area (Å²) in [5, 5.41) is 12.0. The third-order valence-corrected chi connectivity index (χ3v) is 3.01. The maximum atomic E-state index is 11.9. The van der Waals surface area contributed by atoms with Gasteiger partial charge >= 0.3 is 6.03 Å². The summed E-state index contributed by atoms with van der Waals surface area (Å²) in [6, 6.07) is 0.0692. The molecule has 0 saturated carbocycles. The lowest BCUT2D eigenvalue weighted by Gasteiger charge is -2.36. The zero-order valence-electron chi connectivity index (χ0n) is 11.0. The van der Waals surface area contributed by atoms with Crippen molar-refractivity contribution >= 4 is 6.03 Å². The zero-order valence-corrected chi connectivity index (χ0v) is 11.0. The minimum atomic E-state index is -0.0822. The van der Waals surface area contributed by atoms with Gasteiger partial charge in [-0.3, -0.25) is 0 Å². The average molecular weight is 230 g/mol. The summed E-state index contributed by atoms with van der Waals surface area (Å²) in [5.41, 5.74) is 0. The van der Waals surface area contributed by atoms with Gasteiger partial charge in [-0.15, -0.1) is 0 Å². The van der Waals surface area contributed by atoms with Crippen molar-refractivity contribution in [1.82, 2.24) is 10.2 Å². The quantitative estimate of drug-likeness (QED) is 0.702. The Labute approximate surface area is 99.0 Å². The summed E-state index contributed by atoms with van der Waals surface area (Å²) < 4.78 is 0. The zero-order chi connectivity index (χ0) is 12.6. The molecule has 0 aromatic heterocycles. The van der Waals surface area contributed by atoms with E-state index in [0.29, 0.717) is 0 Å². The number of hydrogen-bond acceptors (Lipinski definition) is 2. The van der Waals surface area contributed by atoms with E-state index in [4.69, 9.17) is 0 Å². The Hall–Kier alpha value is -0.770. The second-order valence-corrected chi connectivity index (χ2v) is 4.06. The molecule has 4 heteroatoms. The number of nitrogens with zero attached hydrogens (tertiary/aromatic N) is 1. The Kier molecular flexibility index (Phi) is 7.99. The molecule has 0 aliphatic carbocycles. The van der Waals surface area contributed by atoms with Gasteiger partial charge in [-0.1, -0.05) is 27.2 Å². The third-order valence-electron chi connectivity index (χ3n) is 3.01. The number of carbonyl (C=O) groups is 1. The number of amides is 2. The van der Waals surface area contributed by atoms with E-state index >= 15 is 0 Å². The van der Waals surface area contributed by atoms with Gasteiger partial charge in [-0.05, 0) is 19.3 Å². The van der Waals surface area contributed by atoms with Crippen LogP contribution in [0, 0.1) is 0 Å². The highest BCUT2D eigenvalue weighted by Crippen LogP contribution is 2.16. The lowest BCUT2D eigenvalue weighted by atomic mass is 10.0. The molecule has 0 saturated heterocycles. The van der Waals surface area contributed by atoms with Gasteiger partial charge in [-0.25, -0.2) is 4.79 Å². The number of aliphatic hydroxyl groups excluding tert-OH is 1. The summed E-state index contributed by atoms with van der Waals surface area (Å²) in [7, 11) is 1.64. The van der Waals surface area contributed by atoms with Gasteiger partial charge in [0.05, 0.1) is 12.6 Å². The van der Waals surface area contributed by atoms with Crippen LogP contribution < -0.4 is 5.32 Å². The standard InChI is InChI=1S/C12H26N2O2/c1-5-8-10(6-2)14(12(16)13-4)11(7-3)9-15/h10-11,15H,5-9H2,1-4H3,(H,13,16). The van der Waals surface area contributed by atoms with Crippen molar-refractivity contribution in [3.05, 3.63) is 0 Å². The fourth-order valence-electron chi connectivity index (χ4n) is 2.05. The van der Waals surface area contributed by atoms with Crippen molar-refractivity contribution in [3.63, 3.8) is 0 Å². The van der Waals surface area contributed by atoms with Gasteiger partial charge in [0, 0.05) is 13.1 Å². The van der Waals surface area contributed by atoms with Crippen LogP contribution in [0.15, 0.2) is 0 Å². The van der Waals surface area contributed by atoms with Crippen LogP contribution in [0.25, 0.3) is 0 Å². The number of nitrogens with one attached hydrogen (secondary N) is 1. The molecule has 0 aliphatic rings. The lowest BCUT2D eigenvalue weighted by molar-refractivity contribution is 0.0969. The highest BCUT2D eigenvalue weighted by molar-refractivity contribution is 5.74. The molecule has 0 bridgehead atoms. The van der Waals surface area contributed by atoms with Crippen molar-refractivity contribution in [3.8, 4) is 0 Å². The topological polar surface area (TPSA) is 52.6 Å². The van der Waals surface area contributed by atoms with Gasteiger partial charge in [0.15, 0.2) is 0 Å². The van der Waals surface area contributed by atoms with Crippen LogP contribution >= 0.6 is 0 Å². The van der Waals surface area contributed by atoms with E-state index < -0.39 is 0 Å². The molecule has 96 valence electrons. The van der Waals surface area contributed by atoms with Gasteiger partial charge in [0.2, 0.25) is 0 Å². The first-order chi connectivity index (χ1) is 7.65. The van der Waals surface area contributed by atoms with Gasteiger partial charge in [0.25, 0.3) is 0 Å². The predicted molar refractivity (Wildman–Crippen MR) is 66.4 cm³/mol. The van der Waals surface area contributed by atoms with E-state index in [-0.39, 0.29) is 24.7 Å². The van der Waals surface area contributed by atoms with E-state index in [9.17, 15) is 9.90 Å². The Bertz CT molecular complexity index is 193. The third kappa shape index (κ3) is 4.00. The highest BCUT2D eigenvalue weighted by Gasteiger charge is 2.27. The minimum absolute atomic E-state index is 0.0319. The average Bonchev–Trinajstić information content (AvgIpc) is 2.32. The Morgan fingerprint density at radius 3 is 2.12 bits per heavy atom. The van der Waals surface area contributed by atoms with Crippen LogP contribution in [0.1, 0.15) is 46.5 Å². The maximum absolute atomic E-state index is 11.9. The molecule has 2 atom stereocenters. The highest BCUT2D eigenvalue weighted by atomic mass is 16.3. The molecule has 0 aromatic carbocycles. The monoisotopic (exact) mass is 230 g/mol. The number of hydrogen-bond donors (Lipinski definition) is 2. The van der Waals surface area contributed by atoms with Crippen molar-refractivity contribution in [2.45, 2.75) is 58.5 Å². The molecule has 2 amide bonds. The predicted octanol–water partition coefficient (Wildman–Crippen LogP) is 1.98. The summed E-state index contributed by atoms with van der Waals surface area (Å²) in [4.78, 5) is 13.7. The first-order valence-corrected chi connectivity index (χ1v) is 6.26. The molecule has 16 heavy (non-hydrogen) atoms. The van der Waals surface area contributed by atoms with Crippen LogP contribution in [0.3, 0.4) is 0 Å². The molecular formula is C12H26N2O2. The Morgan fingerprint density at radius 2 is 1.81 bits per heavy atom. The van der Waals surface area contributed by atoms with Gasteiger partial charge < -0.3 is 15.3 Å². The van der Waals surface area contributed by atoms with E-state index in [1.807, 2.05) is 11.8 Å². The number of carbonyl (C=O) groups excluding carboxylic acids is 1. The van der Waals surface area contributed by atoms with Crippen LogP contribution in [0.2, 0.25) is 0 Å². The van der Waals surface area contributed by atoms with E-state index in [1.165, 1.54) is 0 Å². The minimum Gasteiger partial charge on any atom is -0.394 e. The smallest absolute Gasteiger partial charge is 0.317 e. The van der Waals surface area contributed by atoms with Crippen LogP contribution in [-0.2, 0) is 0 Å². The SMILES string of the molecule is CCCC(CC)N(C(=O)NC)C(CC)CO. The summed E-state index contributed by atoms with van der Waals surface area (Å²) >= 11 is 0. The van der Waals surface area contributed by atoms with Crippen molar-refractivity contribution in [1.29, 1.82) is 0 Å². The van der Waals surface area contributed by atoms with E-state index in [1.54, 1.807) is 7.05 Å². The van der Waals surface area contributed by atoms with Crippen LogP contribution in [-0.4, -0.2) is 41.8 Å². The Morgan fingerprint density at radius 1 is 1.25 bits per heavy atom. The molecule has 0 aliphatic heterocycles. The van der Waals surface area contributed by atoms with Gasteiger partial charge in [-0.2, -0.15) is 0 Å². The maximum Gasteiger partial charge on any atom is 0.317 e. The van der Waals surface area contributed by atoms with E-state index in [2.05, 4.69) is 19.2 Å². The first-order valence-electron chi connectivity index (χ1n) is 6.26. The number of aliphatic hydroxyl groups is 1. The number of urea groups is 1. The second-order valence-electron chi connectivity index (χ2n) is 4.06. The normalized spacial score (nSPS) is 14.3. The molecule has 2 N–H and O–H groups in total. The molecule has 0 radical (unpaired) electrons. The molecule has 0 spiro atoms. The van der Waals surface area contributed by atoms with Crippen LogP contribution in [0.4, 0.5) is 4.79 Å². The Balaban J connectivity index is 4.80. The van der Waals surface area contributed by atoms with Crippen molar-refractivity contribution in [2.75, 3.05) is 13.7 Å². The fourth-order valence-corrected chi connectivity index (χ4v) is 2.05. The number of rotatable bonds is 7. The van der Waals surface area contributed by atoms with E-state index in [0.717, 1.165) is 25.7 Å². The van der Waals surface area contributed by atoms with Gasteiger partial charge in [0.1, 0.15) is 0 Å². The summed E-state index contributed by atoms with van der Waals surface area (Å²) in [6.07, 6.45) is 3.75. The van der Waals surface area contributed by atoms with Crippen molar-refractivity contribution < 1.29 is 9.90 Å². The van der Waals surface area contributed by atoms with Crippen LogP contribution in [0.5, 0.6) is 0 Å². The molecule has 4 nitrogen and oxygen atoms in total. The fraction of sp³-hybridized carbons (Fsp3) is 0.917. The largest absolute Gasteiger partial charge is 0.394 e. The molecule has 0 fully saturated rings. The first kappa shape index (κ1) is 15.2. The lowest BCUT2D eigenvalue weighted by Crippen LogP contribution is -2.51. The molecule has 2 unspecified atom stereocenters. The molecular weight excluding hydrogens is 204 g/mol. The summed E-state index contributed by atoms with van der Waals surface area (Å²) in [5.74, 6) is 0. The molecule has 0 rings (SSSR count). The molecule has 0 aromatic rings. The molecule has 0 heterocycles.